The molecule has 1 heterocycles. The predicted molar refractivity (Wildman–Crippen MR) is 85.5 cm³/mol. The van der Waals surface area contributed by atoms with E-state index >= 15 is 0 Å². The van der Waals surface area contributed by atoms with Crippen LogP contribution in [0.4, 0.5) is 5.69 Å². The number of amidine groups is 1. The summed E-state index contributed by atoms with van der Waals surface area (Å²) in [6, 6.07) is 6.73. The van der Waals surface area contributed by atoms with E-state index in [4.69, 9.17) is 11.6 Å². The van der Waals surface area contributed by atoms with E-state index in [1.54, 1.807) is 24.3 Å². The van der Waals surface area contributed by atoms with Gasteiger partial charge in [-0.25, -0.2) is 5.43 Å². The van der Waals surface area contributed by atoms with Gasteiger partial charge in [0.05, 0.1) is 0 Å². The van der Waals surface area contributed by atoms with Gasteiger partial charge in [0.2, 0.25) is 17.7 Å². The lowest BCUT2D eigenvalue weighted by Crippen LogP contribution is -2.28. The van der Waals surface area contributed by atoms with Crippen molar-refractivity contribution in [3.8, 4) is 0 Å². The third-order valence-corrected chi connectivity index (χ3v) is 3.89. The van der Waals surface area contributed by atoms with Crippen molar-refractivity contribution in [3.63, 3.8) is 0 Å². The third kappa shape index (κ3) is 4.74. The summed E-state index contributed by atoms with van der Waals surface area (Å²) < 4.78 is 0. The number of rotatable bonds is 4. The van der Waals surface area contributed by atoms with Gasteiger partial charge < -0.3 is 10.6 Å². The van der Waals surface area contributed by atoms with E-state index in [1.807, 2.05) is 0 Å². The molecule has 0 radical (unpaired) electrons. The van der Waals surface area contributed by atoms with Crippen molar-refractivity contribution >= 4 is 51.9 Å². The first-order valence-electron chi connectivity index (χ1n) is 6.31. The smallest absolute Gasteiger partial charge is 0.240 e. The van der Waals surface area contributed by atoms with Crippen LogP contribution < -0.4 is 16.1 Å². The van der Waals surface area contributed by atoms with Crippen molar-refractivity contribution in [2.45, 2.75) is 18.6 Å². The Kier molecular flexibility index (Phi) is 5.40. The van der Waals surface area contributed by atoms with Gasteiger partial charge in [0.15, 0.2) is 5.17 Å². The Morgan fingerprint density at radius 1 is 1.45 bits per heavy atom. The van der Waals surface area contributed by atoms with Gasteiger partial charge in [-0.05, 0) is 18.2 Å². The molecule has 9 heteroatoms. The summed E-state index contributed by atoms with van der Waals surface area (Å²) in [6.07, 6.45) is -0.0118. The zero-order chi connectivity index (χ0) is 16.1. The Morgan fingerprint density at radius 3 is 2.91 bits per heavy atom. The molecule has 0 saturated carbocycles. The normalized spacial score (nSPS) is 18.9. The van der Waals surface area contributed by atoms with Gasteiger partial charge in [0, 0.05) is 24.1 Å². The second-order valence-corrected chi connectivity index (χ2v) is 6.07. The zero-order valence-corrected chi connectivity index (χ0v) is 13.1. The molecule has 3 N–H and O–H groups in total. The van der Waals surface area contributed by atoms with Crippen LogP contribution in [-0.2, 0) is 14.4 Å². The van der Waals surface area contributed by atoms with Crippen molar-refractivity contribution in [1.82, 2.24) is 10.7 Å². The van der Waals surface area contributed by atoms with Crippen molar-refractivity contribution in [2.24, 2.45) is 5.10 Å². The Balaban J connectivity index is 1.90. The second-order valence-electron chi connectivity index (χ2n) is 4.44. The van der Waals surface area contributed by atoms with Crippen LogP contribution in [-0.4, -0.2) is 28.1 Å². The average Bonchev–Trinajstić information content (AvgIpc) is 2.77. The number of nitrogens with one attached hydrogen (secondary N) is 3. The number of anilines is 1. The highest BCUT2D eigenvalue weighted by molar-refractivity contribution is 8.15. The van der Waals surface area contributed by atoms with Crippen LogP contribution in [0, 0.1) is 0 Å². The first kappa shape index (κ1) is 16.3. The molecule has 1 aliphatic rings. The van der Waals surface area contributed by atoms with E-state index in [0.29, 0.717) is 10.7 Å². The summed E-state index contributed by atoms with van der Waals surface area (Å²) in [6.45, 7) is 1.31. The van der Waals surface area contributed by atoms with Gasteiger partial charge in [0.25, 0.3) is 0 Å². The van der Waals surface area contributed by atoms with Crippen LogP contribution in [0.2, 0.25) is 5.02 Å². The molecule has 0 aromatic heterocycles. The van der Waals surface area contributed by atoms with Crippen LogP contribution in [0.15, 0.2) is 29.4 Å². The molecular weight excluding hydrogens is 328 g/mol. The molecule has 22 heavy (non-hydrogen) atoms. The van der Waals surface area contributed by atoms with E-state index in [0.717, 1.165) is 11.8 Å². The number of carbonyl (C=O) groups is 3. The monoisotopic (exact) mass is 340 g/mol. The molecule has 1 saturated heterocycles. The number of hydrogen-bond acceptors (Lipinski definition) is 5. The maximum Gasteiger partial charge on any atom is 0.240 e. The molecule has 1 atom stereocenters. The molecule has 3 amide bonds. The Labute approximate surface area is 135 Å². The van der Waals surface area contributed by atoms with Crippen LogP contribution in [0.5, 0.6) is 0 Å². The number of halogens is 1. The highest BCUT2D eigenvalue weighted by Crippen LogP contribution is 2.23. The third-order valence-electron chi connectivity index (χ3n) is 2.57. The van der Waals surface area contributed by atoms with Crippen molar-refractivity contribution in [1.29, 1.82) is 0 Å². The fourth-order valence-electron chi connectivity index (χ4n) is 1.67. The van der Waals surface area contributed by atoms with Crippen molar-refractivity contribution < 1.29 is 14.4 Å². The van der Waals surface area contributed by atoms with Crippen LogP contribution >= 0.6 is 23.4 Å². The summed E-state index contributed by atoms with van der Waals surface area (Å²) in [5, 5.41) is 9.07. The molecule has 1 aromatic rings. The zero-order valence-electron chi connectivity index (χ0n) is 11.6. The Morgan fingerprint density at radius 2 is 2.23 bits per heavy atom. The van der Waals surface area contributed by atoms with E-state index in [9.17, 15) is 14.4 Å². The molecular formula is C13H13ClN4O3S. The molecule has 0 spiro atoms. The molecule has 2 rings (SSSR count). The minimum Gasteiger partial charge on any atom is -0.326 e. The average molecular weight is 341 g/mol. The molecule has 0 unspecified atom stereocenters. The summed E-state index contributed by atoms with van der Waals surface area (Å²) in [7, 11) is 0. The van der Waals surface area contributed by atoms with Gasteiger partial charge in [0.1, 0.15) is 5.25 Å². The molecule has 1 aliphatic heterocycles. The van der Waals surface area contributed by atoms with E-state index < -0.39 is 5.25 Å². The lowest BCUT2D eigenvalue weighted by atomic mass is 10.2. The fourth-order valence-corrected chi connectivity index (χ4v) is 2.79. The van der Waals surface area contributed by atoms with Crippen molar-refractivity contribution in [2.75, 3.05) is 5.32 Å². The summed E-state index contributed by atoms with van der Waals surface area (Å²) in [4.78, 5) is 34.4. The van der Waals surface area contributed by atoms with E-state index in [-0.39, 0.29) is 29.3 Å². The van der Waals surface area contributed by atoms with Crippen LogP contribution in [0.3, 0.4) is 0 Å². The first-order chi connectivity index (χ1) is 10.4. The Hall–Kier alpha value is -2.06. The predicted octanol–water partition coefficient (Wildman–Crippen LogP) is 1.31. The largest absolute Gasteiger partial charge is 0.326 e. The second kappa shape index (κ2) is 7.28. The molecule has 116 valence electrons. The van der Waals surface area contributed by atoms with E-state index in [2.05, 4.69) is 21.2 Å². The summed E-state index contributed by atoms with van der Waals surface area (Å²) >= 11 is 6.92. The van der Waals surface area contributed by atoms with Crippen molar-refractivity contribution in [3.05, 3.63) is 29.3 Å². The number of benzene rings is 1. The Bertz CT molecular complexity index is 650. The highest BCUT2D eigenvalue weighted by atomic mass is 35.5. The molecule has 1 fully saturated rings. The minimum absolute atomic E-state index is 0.0118. The van der Waals surface area contributed by atoms with Crippen LogP contribution in [0.1, 0.15) is 13.3 Å². The minimum atomic E-state index is -0.591. The highest BCUT2D eigenvalue weighted by Gasteiger charge is 2.32. The van der Waals surface area contributed by atoms with Gasteiger partial charge >= 0.3 is 0 Å². The topological polar surface area (TPSA) is 99.7 Å². The van der Waals surface area contributed by atoms with Gasteiger partial charge in [-0.2, -0.15) is 0 Å². The first-order valence-corrected chi connectivity index (χ1v) is 7.57. The fraction of sp³-hybridized carbons (Fsp3) is 0.231. The van der Waals surface area contributed by atoms with E-state index in [1.165, 1.54) is 6.92 Å². The van der Waals surface area contributed by atoms with Gasteiger partial charge in [-0.1, -0.05) is 29.4 Å². The number of thioether (sulfide) groups is 1. The quantitative estimate of drug-likeness (QED) is 0.719. The number of hydrazone groups is 1. The molecule has 7 nitrogen and oxygen atoms in total. The summed E-state index contributed by atoms with van der Waals surface area (Å²) in [5.74, 6) is -0.976. The van der Waals surface area contributed by atoms with Crippen LogP contribution in [0.25, 0.3) is 0 Å². The standard InChI is InChI=1S/C13H13ClN4O3S/c1-7(19)17-18-13-16-12(21)10(22-13)6-11(20)15-9-4-2-3-8(14)5-9/h2-5,10H,6H2,1H3,(H,15,20)(H,17,19)(H,16,18,21)/t10-/m1/s1. The van der Waals surface area contributed by atoms with Gasteiger partial charge in [-0.15, -0.1) is 5.10 Å². The number of carbonyl (C=O) groups excluding carboxylic acids is 3. The molecule has 1 aromatic carbocycles. The molecule has 0 aliphatic carbocycles. The maximum atomic E-state index is 11.9. The molecule has 0 bridgehead atoms. The number of amides is 3. The van der Waals surface area contributed by atoms with Gasteiger partial charge in [-0.3, -0.25) is 14.4 Å². The number of nitrogens with zero attached hydrogens (tertiary/aromatic N) is 1. The number of hydrogen-bond donors (Lipinski definition) is 3. The summed E-state index contributed by atoms with van der Waals surface area (Å²) in [5.41, 5.74) is 2.79. The lowest BCUT2D eigenvalue weighted by molar-refractivity contribution is -0.122. The SMILES string of the molecule is CC(=O)N/N=C1\NC(=O)[C@@H](CC(=O)Nc2cccc(Cl)c2)S1. The maximum absolute atomic E-state index is 11.9. The lowest BCUT2D eigenvalue weighted by Gasteiger charge is -2.07.